The summed E-state index contributed by atoms with van der Waals surface area (Å²) in [5.41, 5.74) is 5.57. The van der Waals surface area contributed by atoms with Gasteiger partial charge in [0, 0.05) is 12.6 Å². The molecule has 1 aliphatic rings. The van der Waals surface area contributed by atoms with E-state index in [0.29, 0.717) is 24.4 Å². The van der Waals surface area contributed by atoms with Gasteiger partial charge in [0.2, 0.25) is 0 Å². The summed E-state index contributed by atoms with van der Waals surface area (Å²) in [5.74, 6) is 0. The Morgan fingerprint density at radius 3 is 2.89 bits per heavy atom. The van der Waals surface area contributed by atoms with E-state index in [9.17, 15) is 8.42 Å². The molecule has 1 fully saturated rings. The number of nitrogens with zero attached hydrogens (tertiary/aromatic N) is 2. The molecule has 0 saturated carbocycles. The summed E-state index contributed by atoms with van der Waals surface area (Å²) in [4.78, 5) is 0.422. The van der Waals surface area contributed by atoms with E-state index in [0.717, 1.165) is 30.6 Å². The molecule has 0 aromatic carbocycles. The minimum atomic E-state index is -3.48. The molecule has 5 nitrogen and oxygen atoms in total. The zero-order valence-corrected chi connectivity index (χ0v) is 12.2. The smallest absolute Gasteiger partial charge is 0.252 e. The molecule has 1 aromatic rings. The first-order valence-corrected chi connectivity index (χ1v) is 8.57. The minimum Gasteiger partial charge on any atom is -0.330 e. The molecule has 1 aromatic heterocycles. The van der Waals surface area contributed by atoms with Crippen LogP contribution in [-0.4, -0.2) is 31.9 Å². The highest BCUT2D eigenvalue weighted by molar-refractivity contribution is 7.91. The fraction of sp³-hybridized carbons (Fsp3) is 0.583. The monoisotopic (exact) mass is 299 g/mol. The number of thiophene rings is 1. The molecule has 2 heterocycles. The summed E-state index contributed by atoms with van der Waals surface area (Å²) in [5, 5.41) is 8.80. The van der Waals surface area contributed by atoms with Crippen molar-refractivity contribution in [2.45, 2.75) is 35.9 Å². The summed E-state index contributed by atoms with van der Waals surface area (Å²) in [7, 11) is -3.48. The highest BCUT2D eigenvalue weighted by atomic mass is 32.2. The molecular formula is C12H17N3O2S2. The number of rotatable bonds is 4. The van der Waals surface area contributed by atoms with Crippen molar-refractivity contribution >= 4 is 21.4 Å². The standard InChI is InChI=1S/C12H17N3O2S2/c13-7-6-10-3-1-2-8-15(10)19(16,17)12-5-4-11(9-14)18-12/h4-5,10H,1-3,6-8,13H2. The van der Waals surface area contributed by atoms with Crippen LogP contribution in [0.2, 0.25) is 0 Å². The second kappa shape index (κ2) is 6.01. The van der Waals surface area contributed by atoms with Crippen LogP contribution in [0.3, 0.4) is 0 Å². The second-order valence-corrected chi connectivity index (χ2v) is 7.77. The van der Waals surface area contributed by atoms with Crippen molar-refractivity contribution in [1.29, 1.82) is 5.26 Å². The van der Waals surface area contributed by atoms with E-state index in [4.69, 9.17) is 11.0 Å². The van der Waals surface area contributed by atoms with Gasteiger partial charge in [-0.3, -0.25) is 0 Å². The maximum atomic E-state index is 12.6. The zero-order chi connectivity index (χ0) is 13.9. The maximum absolute atomic E-state index is 12.6. The van der Waals surface area contributed by atoms with Gasteiger partial charge in [0.25, 0.3) is 10.0 Å². The van der Waals surface area contributed by atoms with Crippen molar-refractivity contribution < 1.29 is 8.42 Å². The molecule has 19 heavy (non-hydrogen) atoms. The van der Waals surface area contributed by atoms with Crippen LogP contribution >= 0.6 is 11.3 Å². The molecule has 1 unspecified atom stereocenters. The molecular weight excluding hydrogens is 282 g/mol. The molecule has 1 atom stereocenters. The lowest BCUT2D eigenvalue weighted by atomic mass is 10.0. The van der Waals surface area contributed by atoms with Crippen molar-refractivity contribution in [3.63, 3.8) is 0 Å². The average molecular weight is 299 g/mol. The summed E-state index contributed by atoms with van der Waals surface area (Å²) in [6, 6.07) is 5.05. The largest absolute Gasteiger partial charge is 0.330 e. The van der Waals surface area contributed by atoms with Crippen LogP contribution in [0.15, 0.2) is 16.3 Å². The molecule has 0 bridgehead atoms. The van der Waals surface area contributed by atoms with E-state index >= 15 is 0 Å². The van der Waals surface area contributed by atoms with Crippen LogP contribution in [0.1, 0.15) is 30.6 Å². The highest BCUT2D eigenvalue weighted by Crippen LogP contribution is 2.30. The van der Waals surface area contributed by atoms with Crippen molar-refractivity contribution in [1.82, 2.24) is 4.31 Å². The molecule has 0 radical (unpaired) electrons. The number of hydrogen-bond donors (Lipinski definition) is 1. The topological polar surface area (TPSA) is 87.2 Å². The third kappa shape index (κ3) is 2.98. The Bertz CT molecular complexity index is 572. The van der Waals surface area contributed by atoms with Gasteiger partial charge in [0.1, 0.15) is 15.2 Å². The summed E-state index contributed by atoms with van der Waals surface area (Å²) in [6.07, 6.45) is 3.49. The van der Waals surface area contributed by atoms with Crippen LogP contribution in [0.25, 0.3) is 0 Å². The molecule has 0 aliphatic carbocycles. The Kier molecular flexibility index (Phi) is 4.58. The zero-order valence-electron chi connectivity index (χ0n) is 10.6. The first-order chi connectivity index (χ1) is 9.09. The Labute approximate surface area is 117 Å². The molecule has 104 valence electrons. The number of piperidine rings is 1. The van der Waals surface area contributed by atoms with Crippen LogP contribution in [0.4, 0.5) is 0 Å². The molecule has 1 aliphatic heterocycles. The lowest BCUT2D eigenvalue weighted by Crippen LogP contribution is -2.44. The van der Waals surface area contributed by atoms with E-state index in [1.54, 1.807) is 10.4 Å². The Balaban J connectivity index is 2.29. The summed E-state index contributed by atoms with van der Waals surface area (Å²) >= 11 is 1.03. The van der Waals surface area contributed by atoms with Gasteiger partial charge >= 0.3 is 0 Å². The third-order valence-corrected chi connectivity index (χ3v) is 6.74. The third-order valence-electron chi connectivity index (χ3n) is 3.33. The highest BCUT2D eigenvalue weighted by Gasteiger charge is 2.33. The van der Waals surface area contributed by atoms with Gasteiger partial charge in [-0.05, 0) is 37.9 Å². The van der Waals surface area contributed by atoms with E-state index < -0.39 is 10.0 Å². The van der Waals surface area contributed by atoms with Crippen LogP contribution in [0, 0.1) is 11.3 Å². The van der Waals surface area contributed by atoms with Crippen LogP contribution < -0.4 is 5.73 Å². The first kappa shape index (κ1) is 14.5. The molecule has 1 saturated heterocycles. The summed E-state index contributed by atoms with van der Waals surface area (Å²) < 4.78 is 27.0. The van der Waals surface area contributed by atoms with Gasteiger partial charge in [0.05, 0.1) is 0 Å². The van der Waals surface area contributed by atoms with E-state index in [1.807, 2.05) is 6.07 Å². The lowest BCUT2D eigenvalue weighted by molar-refractivity contribution is 0.243. The predicted octanol–water partition coefficient (Wildman–Crippen LogP) is 1.51. The predicted molar refractivity (Wildman–Crippen MR) is 74.2 cm³/mol. The second-order valence-electron chi connectivity index (χ2n) is 4.57. The number of nitriles is 1. The number of hydrogen-bond acceptors (Lipinski definition) is 5. The normalized spacial score (nSPS) is 21.2. The van der Waals surface area contributed by atoms with E-state index in [-0.39, 0.29) is 10.3 Å². The summed E-state index contributed by atoms with van der Waals surface area (Å²) in [6.45, 7) is 1.04. The Morgan fingerprint density at radius 2 is 2.26 bits per heavy atom. The Morgan fingerprint density at radius 1 is 1.47 bits per heavy atom. The van der Waals surface area contributed by atoms with Gasteiger partial charge < -0.3 is 5.73 Å². The fourth-order valence-corrected chi connectivity index (χ4v) is 5.36. The lowest BCUT2D eigenvalue weighted by Gasteiger charge is -2.34. The molecule has 0 spiro atoms. The maximum Gasteiger partial charge on any atom is 0.252 e. The van der Waals surface area contributed by atoms with Crippen molar-refractivity contribution in [2.75, 3.05) is 13.1 Å². The van der Waals surface area contributed by atoms with Gasteiger partial charge in [-0.15, -0.1) is 11.3 Å². The van der Waals surface area contributed by atoms with Gasteiger partial charge in [0.15, 0.2) is 0 Å². The van der Waals surface area contributed by atoms with Gasteiger partial charge in [-0.2, -0.15) is 9.57 Å². The van der Waals surface area contributed by atoms with Crippen LogP contribution in [-0.2, 0) is 10.0 Å². The molecule has 7 heteroatoms. The number of sulfonamides is 1. The quantitative estimate of drug-likeness (QED) is 0.913. The van der Waals surface area contributed by atoms with E-state index in [1.165, 1.54) is 6.07 Å². The Hall–Kier alpha value is -0.940. The van der Waals surface area contributed by atoms with Gasteiger partial charge in [-0.1, -0.05) is 6.42 Å². The first-order valence-electron chi connectivity index (χ1n) is 6.31. The number of nitrogens with two attached hydrogens (primary N) is 1. The van der Waals surface area contributed by atoms with E-state index in [2.05, 4.69) is 0 Å². The van der Waals surface area contributed by atoms with Gasteiger partial charge in [-0.25, -0.2) is 8.42 Å². The molecule has 2 rings (SSSR count). The van der Waals surface area contributed by atoms with Crippen LogP contribution in [0.5, 0.6) is 0 Å². The SMILES string of the molecule is N#Cc1ccc(S(=O)(=O)N2CCCCC2CCN)s1. The fourth-order valence-electron chi connectivity index (χ4n) is 2.41. The minimum absolute atomic E-state index is 0.00335. The van der Waals surface area contributed by atoms with Crippen molar-refractivity contribution in [3.05, 3.63) is 17.0 Å². The molecule has 2 N–H and O–H groups in total. The molecule has 0 amide bonds. The van der Waals surface area contributed by atoms with Crippen molar-refractivity contribution in [2.24, 2.45) is 5.73 Å². The van der Waals surface area contributed by atoms with Crippen molar-refractivity contribution in [3.8, 4) is 6.07 Å². The average Bonchev–Trinajstić information content (AvgIpc) is 2.89.